The van der Waals surface area contributed by atoms with Gasteiger partial charge in [0, 0.05) is 6.54 Å². The van der Waals surface area contributed by atoms with Crippen LogP contribution in [0.25, 0.3) is 0 Å². The summed E-state index contributed by atoms with van der Waals surface area (Å²) in [4.78, 5) is 14.7. The van der Waals surface area contributed by atoms with Gasteiger partial charge in [-0.1, -0.05) is 13.3 Å². The minimum atomic E-state index is -3.57. The van der Waals surface area contributed by atoms with Crippen LogP contribution in [0.4, 0.5) is 5.69 Å². The molecule has 0 bridgehead atoms. The van der Waals surface area contributed by atoms with Crippen LogP contribution >= 0.6 is 0 Å². The molecule has 0 radical (unpaired) electrons. The van der Waals surface area contributed by atoms with Gasteiger partial charge in [-0.3, -0.25) is 9.10 Å². The third kappa shape index (κ3) is 7.67. The molecule has 1 aromatic carbocycles. The smallest absolute Gasteiger partial charge is 0.240 e. The maximum Gasteiger partial charge on any atom is 0.240 e. The van der Waals surface area contributed by atoms with E-state index in [1.54, 1.807) is 24.3 Å². The predicted octanol–water partition coefficient (Wildman–Crippen LogP) is 2.23. The first kappa shape index (κ1) is 22.5. The van der Waals surface area contributed by atoms with Gasteiger partial charge in [0.05, 0.1) is 18.6 Å². The molecule has 1 aliphatic rings. The van der Waals surface area contributed by atoms with Crippen LogP contribution in [0, 0.1) is 0 Å². The van der Waals surface area contributed by atoms with E-state index in [4.69, 9.17) is 4.74 Å². The van der Waals surface area contributed by atoms with E-state index in [0.717, 1.165) is 43.0 Å². The fourth-order valence-electron chi connectivity index (χ4n) is 3.23. The van der Waals surface area contributed by atoms with Gasteiger partial charge in [0.2, 0.25) is 15.9 Å². The van der Waals surface area contributed by atoms with Crippen LogP contribution in [0.5, 0.6) is 5.75 Å². The zero-order valence-corrected chi connectivity index (χ0v) is 17.8. The average molecular weight is 412 g/mol. The molecule has 1 saturated heterocycles. The number of nitrogens with one attached hydrogen (secondary N) is 1. The largest absolute Gasteiger partial charge is 0.494 e. The number of amides is 1. The monoisotopic (exact) mass is 411 g/mol. The van der Waals surface area contributed by atoms with Crippen molar-refractivity contribution in [2.45, 2.75) is 39.0 Å². The van der Waals surface area contributed by atoms with Crippen LogP contribution in [0.2, 0.25) is 0 Å². The van der Waals surface area contributed by atoms with Crippen LogP contribution in [-0.2, 0) is 14.8 Å². The Morgan fingerprint density at radius 3 is 2.46 bits per heavy atom. The number of sulfonamides is 1. The van der Waals surface area contributed by atoms with E-state index in [1.807, 2.05) is 6.92 Å². The molecular weight excluding hydrogens is 378 g/mol. The van der Waals surface area contributed by atoms with E-state index in [1.165, 1.54) is 19.3 Å². The molecule has 1 N–H and O–H groups in total. The number of piperidine rings is 1. The summed E-state index contributed by atoms with van der Waals surface area (Å²) in [7, 11) is -3.57. The third-order valence-corrected chi connectivity index (χ3v) is 5.85. The van der Waals surface area contributed by atoms with E-state index >= 15 is 0 Å². The number of hydrogen-bond acceptors (Lipinski definition) is 5. The molecular formula is C20H33N3O4S. The molecule has 8 heteroatoms. The molecule has 7 nitrogen and oxygen atoms in total. The fourth-order valence-corrected chi connectivity index (χ4v) is 4.08. The molecule has 28 heavy (non-hydrogen) atoms. The Hall–Kier alpha value is -1.80. The maximum absolute atomic E-state index is 12.3. The highest BCUT2D eigenvalue weighted by Crippen LogP contribution is 2.21. The number of rotatable bonds is 11. The minimum absolute atomic E-state index is 0.224. The molecule has 1 amide bonds. The topological polar surface area (TPSA) is 79.0 Å². The molecule has 0 atom stereocenters. The molecule has 0 aliphatic carbocycles. The van der Waals surface area contributed by atoms with Crippen molar-refractivity contribution in [2.75, 3.05) is 49.9 Å². The van der Waals surface area contributed by atoms with Crippen molar-refractivity contribution < 1.29 is 17.9 Å². The first-order valence-electron chi connectivity index (χ1n) is 10.1. The van der Waals surface area contributed by atoms with Crippen molar-refractivity contribution in [3.8, 4) is 5.75 Å². The summed E-state index contributed by atoms with van der Waals surface area (Å²) in [6.07, 6.45) is 6.68. The molecule has 0 aromatic heterocycles. The first-order chi connectivity index (χ1) is 13.4. The highest BCUT2D eigenvalue weighted by atomic mass is 32.2. The van der Waals surface area contributed by atoms with Crippen molar-refractivity contribution in [2.24, 2.45) is 0 Å². The number of ether oxygens (including phenoxy) is 1. The minimum Gasteiger partial charge on any atom is -0.494 e. The average Bonchev–Trinajstić information content (AvgIpc) is 2.68. The van der Waals surface area contributed by atoms with Gasteiger partial charge in [0.1, 0.15) is 12.3 Å². The van der Waals surface area contributed by atoms with Crippen LogP contribution in [0.1, 0.15) is 39.0 Å². The number of carbonyl (C=O) groups is 1. The predicted molar refractivity (Wildman–Crippen MR) is 112 cm³/mol. The highest BCUT2D eigenvalue weighted by molar-refractivity contribution is 7.92. The molecule has 0 spiro atoms. The van der Waals surface area contributed by atoms with Crippen LogP contribution in [0.15, 0.2) is 24.3 Å². The van der Waals surface area contributed by atoms with Gasteiger partial charge in [-0.15, -0.1) is 0 Å². The van der Waals surface area contributed by atoms with Gasteiger partial charge < -0.3 is 15.0 Å². The third-order valence-electron chi connectivity index (χ3n) is 4.71. The molecule has 1 aliphatic heterocycles. The van der Waals surface area contributed by atoms with E-state index in [9.17, 15) is 13.2 Å². The SMILES string of the molecule is CCCOc1ccc(N(CC(=O)NCCCN2CCCCC2)S(C)(=O)=O)cc1. The van der Waals surface area contributed by atoms with Crippen LogP contribution in [0.3, 0.4) is 0 Å². The van der Waals surface area contributed by atoms with Crippen LogP contribution in [-0.4, -0.2) is 64.8 Å². The first-order valence-corrected chi connectivity index (χ1v) is 11.9. The van der Waals surface area contributed by atoms with E-state index in [2.05, 4.69) is 10.2 Å². The summed E-state index contributed by atoms with van der Waals surface area (Å²) < 4.78 is 31.0. The Kier molecular flexibility index (Phi) is 9.05. The highest BCUT2D eigenvalue weighted by Gasteiger charge is 2.20. The Morgan fingerprint density at radius 2 is 1.86 bits per heavy atom. The van der Waals surface area contributed by atoms with Crippen molar-refractivity contribution in [3.63, 3.8) is 0 Å². The summed E-state index contributed by atoms with van der Waals surface area (Å²) in [6, 6.07) is 6.77. The lowest BCUT2D eigenvalue weighted by Crippen LogP contribution is -2.41. The van der Waals surface area contributed by atoms with Crippen molar-refractivity contribution in [1.29, 1.82) is 0 Å². The van der Waals surface area contributed by atoms with Crippen molar-refractivity contribution >= 4 is 21.6 Å². The van der Waals surface area contributed by atoms with E-state index < -0.39 is 10.0 Å². The Morgan fingerprint density at radius 1 is 1.18 bits per heavy atom. The number of hydrogen-bond donors (Lipinski definition) is 1. The zero-order valence-electron chi connectivity index (χ0n) is 17.0. The lowest BCUT2D eigenvalue weighted by Gasteiger charge is -2.26. The summed E-state index contributed by atoms with van der Waals surface area (Å²) in [5.74, 6) is 0.386. The quantitative estimate of drug-likeness (QED) is 0.565. The number of carbonyl (C=O) groups excluding carboxylic acids is 1. The number of likely N-dealkylation sites (tertiary alicyclic amines) is 1. The molecule has 0 saturated carbocycles. The second-order valence-corrected chi connectivity index (χ2v) is 9.12. The lowest BCUT2D eigenvalue weighted by molar-refractivity contribution is -0.119. The van der Waals surface area contributed by atoms with Gasteiger partial charge >= 0.3 is 0 Å². The summed E-state index contributed by atoms with van der Waals surface area (Å²) >= 11 is 0. The van der Waals surface area contributed by atoms with Gasteiger partial charge in [-0.05, 0) is 69.6 Å². The van der Waals surface area contributed by atoms with Gasteiger partial charge in [0.15, 0.2) is 0 Å². The second kappa shape index (κ2) is 11.3. The molecule has 0 unspecified atom stereocenters. The zero-order chi connectivity index (χ0) is 20.4. The lowest BCUT2D eigenvalue weighted by atomic mass is 10.1. The maximum atomic E-state index is 12.3. The molecule has 1 heterocycles. The van der Waals surface area contributed by atoms with E-state index in [0.29, 0.717) is 24.6 Å². The fraction of sp³-hybridized carbons (Fsp3) is 0.650. The number of benzene rings is 1. The Labute approximate surface area is 169 Å². The Bertz CT molecular complexity index is 701. The molecule has 2 rings (SSSR count). The standard InChI is InChI=1S/C20H33N3O4S/c1-3-16-27-19-10-8-18(9-11-19)23(28(2,25)26)17-20(24)21-12-7-15-22-13-5-4-6-14-22/h8-11H,3-7,12-17H2,1-2H3,(H,21,24). The Balaban J connectivity index is 1.84. The molecule has 158 valence electrons. The van der Waals surface area contributed by atoms with E-state index in [-0.39, 0.29) is 12.5 Å². The number of anilines is 1. The normalized spacial score (nSPS) is 15.2. The van der Waals surface area contributed by atoms with Crippen LogP contribution < -0.4 is 14.4 Å². The van der Waals surface area contributed by atoms with Gasteiger partial charge in [0.25, 0.3) is 0 Å². The summed E-state index contributed by atoms with van der Waals surface area (Å²) in [6.45, 7) is 6.19. The van der Waals surface area contributed by atoms with Gasteiger partial charge in [-0.25, -0.2) is 8.42 Å². The summed E-state index contributed by atoms with van der Waals surface area (Å²) in [5.41, 5.74) is 0.454. The number of nitrogens with zero attached hydrogens (tertiary/aromatic N) is 2. The van der Waals surface area contributed by atoms with Crippen molar-refractivity contribution in [3.05, 3.63) is 24.3 Å². The molecule has 1 aromatic rings. The molecule has 1 fully saturated rings. The van der Waals surface area contributed by atoms with Gasteiger partial charge in [-0.2, -0.15) is 0 Å². The second-order valence-electron chi connectivity index (χ2n) is 7.22. The summed E-state index contributed by atoms with van der Waals surface area (Å²) in [5, 5.41) is 2.84. The van der Waals surface area contributed by atoms with Crippen molar-refractivity contribution in [1.82, 2.24) is 10.2 Å².